The van der Waals surface area contributed by atoms with E-state index in [-0.39, 0.29) is 19.2 Å². The summed E-state index contributed by atoms with van der Waals surface area (Å²) >= 11 is 0.958. The highest BCUT2D eigenvalue weighted by molar-refractivity contribution is 8.13. The van der Waals surface area contributed by atoms with Crippen LogP contribution in [0, 0.1) is 5.41 Å². The molecule has 5 nitrogen and oxygen atoms in total. The van der Waals surface area contributed by atoms with Crippen molar-refractivity contribution >= 4 is 35.4 Å². The van der Waals surface area contributed by atoms with E-state index in [1.165, 1.54) is 0 Å². The lowest BCUT2D eigenvalue weighted by Crippen LogP contribution is -2.24. The molecule has 0 rings (SSSR count). The van der Waals surface area contributed by atoms with Gasteiger partial charge < -0.3 is 15.2 Å². The minimum Gasteiger partial charge on any atom is -0.427 e. The Balaban J connectivity index is 0. The van der Waals surface area contributed by atoms with Crippen LogP contribution in [0.3, 0.4) is 0 Å². The van der Waals surface area contributed by atoms with Crippen molar-refractivity contribution in [3.63, 3.8) is 0 Å². The van der Waals surface area contributed by atoms with Gasteiger partial charge in [0.05, 0.1) is 5.41 Å². The molecule has 0 amide bonds. The standard InChI is InChI=1S/C9H17NO4S.ClH/c1-9(2,3)7(11)13-6-14-8(12)15-5-4-10;/h4-6,10H2,1-3H3;1H. The molecule has 0 aliphatic rings. The number of esters is 1. The molecule has 0 saturated carbocycles. The molecule has 0 fully saturated rings. The fourth-order valence-corrected chi connectivity index (χ4v) is 0.947. The molecule has 0 radical (unpaired) electrons. The topological polar surface area (TPSA) is 78.6 Å². The first-order chi connectivity index (χ1) is 6.88. The smallest absolute Gasteiger partial charge is 0.370 e. The number of thioether (sulfide) groups is 1. The Kier molecular flexibility index (Phi) is 9.70. The number of carbonyl (C=O) groups is 2. The first-order valence-electron chi connectivity index (χ1n) is 4.54. The molecule has 0 bridgehead atoms. The van der Waals surface area contributed by atoms with Gasteiger partial charge in [0, 0.05) is 12.3 Å². The molecule has 96 valence electrons. The maximum absolute atomic E-state index is 11.2. The van der Waals surface area contributed by atoms with Crippen molar-refractivity contribution in [3.05, 3.63) is 0 Å². The van der Waals surface area contributed by atoms with Gasteiger partial charge in [0.25, 0.3) is 0 Å². The van der Waals surface area contributed by atoms with E-state index in [4.69, 9.17) is 10.5 Å². The third kappa shape index (κ3) is 8.82. The molecule has 0 aliphatic heterocycles. The van der Waals surface area contributed by atoms with Crippen molar-refractivity contribution in [1.82, 2.24) is 0 Å². The lowest BCUT2D eigenvalue weighted by molar-refractivity contribution is -0.160. The van der Waals surface area contributed by atoms with Gasteiger partial charge in [-0.1, -0.05) is 0 Å². The summed E-state index contributed by atoms with van der Waals surface area (Å²) < 4.78 is 9.37. The van der Waals surface area contributed by atoms with E-state index in [1.54, 1.807) is 20.8 Å². The molecule has 0 spiro atoms. The van der Waals surface area contributed by atoms with Crippen LogP contribution >= 0.6 is 24.2 Å². The van der Waals surface area contributed by atoms with Gasteiger partial charge in [0.15, 0.2) is 0 Å². The highest BCUT2D eigenvalue weighted by atomic mass is 35.5. The number of ether oxygens (including phenoxy) is 2. The van der Waals surface area contributed by atoms with Crippen LogP contribution in [-0.2, 0) is 14.3 Å². The molecule has 2 N–H and O–H groups in total. The Morgan fingerprint density at radius 2 is 1.81 bits per heavy atom. The highest BCUT2D eigenvalue weighted by Gasteiger charge is 2.23. The zero-order valence-electron chi connectivity index (χ0n) is 9.65. The van der Waals surface area contributed by atoms with Crippen LogP contribution in [0.15, 0.2) is 0 Å². The van der Waals surface area contributed by atoms with Crippen molar-refractivity contribution in [2.45, 2.75) is 20.8 Å². The first kappa shape index (κ1) is 17.9. The minimum absolute atomic E-state index is 0. The maximum Gasteiger partial charge on any atom is 0.370 e. The molecule has 7 heteroatoms. The molecular formula is C9H18ClNO4S. The van der Waals surface area contributed by atoms with Crippen LogP contribution in [-0.4, -0.2) is 30.4 Å². The first-order valence-corrected chi connectivity index (χ1v) is 5.53. The van der Waals surface area contributed by atoms with Crippen molar-refractivity contribution < 1.29 is 19.1 Å². The van der Waals surface area contributed by atoms with Gasteiger partial charge in [-0.3, -0.25) is 4.79 Å². The molecule has 0 unspecified atom stereocenters. The summed E-state index contributed by atoms with van der Waals surface area (Å²) in [4.78, 5) is 22.1. The second-order valence-electron chi connectivity index (χ2n) is 3.83. The van der Waals surface area contributed by atoms with Crippen LogP contribution in [0.2, 0.25) is 0 Å². The van der Waals surface area contributed by atoms with E-state index in [1.807, 2.05) is 0 Å². The Hall–Kier alpha value is -0.460. The van der Waals surface area contributed by atoms with Gasteiger partial charge in [-0.2, -0.15) is 0 Å². The van der Waals surface area contributed by atoms with Crippen molar-refractivity contribution in [2.75, 3.05) is 19.1 Å². The fraction of sp³-hybridized carbons (Fsp3) is 0.778. The largest absolute Gasteiger partial charge is 0.427 e. The van der Waals surface area contributed by atoms with E-state index in [2.05, 4.69) is 4.74 Å². The maximum atomic E-state index is 11.2. The number of rotatable bonds is 4. The fourth-order valence-electron chi connectivity index (χ4n) is 0.532. The van der Waals surface area contributed by atoms with E-state index < -0.39 is 16.7 Å². The second kappa shape index (κ2) is 8.66. The minimum atomic E-state index is -0.586. The molecule has 16 heavy (non-hydrogen) atoms. The predicted molar refractivity (Wildman–Crippen MR) is 65.7 cm³/mol. The third-order valence-electron chi connectivity index (χ3n) is 1.32. The number of nitrogens with two attached hydrogens (primary N) is 1. The molecule has 0 aromatic carbocycles. The van der Waals surface area contributed by atoms with Gasteiger partial charge in [0.1, 0.15) is 0 Å². The van der Waals surface area contributed by atoms with E-state index in [0.29, 0.717) is 12.3 Å². The summed E-state index contributed by atoms with van der Waals surface area (Å²) in [6, 6.07) is 0. The third-order valence-corrected chi connectivity index (χ3v) is 2.11. The second-order valence-corrected chi connectivity index (χ2v) is 4.86. The number of hydrogen-bond acceptors (Lipinski definition) is 6. The molecular weight excluding hydrogens is 254 g/mol. The van der Waals surface area contributed by atoms with Crippen molar-refractivity contribution in [3.8, 4) is 0 Å². The van der Waals surface area contributed by atoms with E-state index >= 15 is 0 Å². The molecule has 0 aromatic heterocycles. The van der Waals surface area contributed by atoms with Crippen molar-refractivity contribution in [2.24, 2.45) is 11.1 Å². The average Bonchev–Trinajstić information content (AvgIpc) is 2.13. The zero-order chi connectivity index (χ0) is 11.9. The lowest BCUT2D eigenvalue weighted by Gasteiger charge is -2.16. The quantitative estimate of drug-likeness (QED) is 0.620. The summed E-state index contributed by atoms with van der Waals surface area (Å²) in [5.41, 5.74) is 4.61. The van der Waals surface area contributed by atoms with Gasteiger partial charge >= 0.3 is 11.3 Å². The van der Waals surface area contributed by atoms with Gasteiger partial charge in [-0.05, 0) is 32.5 Å². The van der Waals surface area contributed by atoms with Gasteiger partial charge in [-0.25, -0.2) is 4.79 Å². The summed E-state index contributed by atoms with van der Waals surface area (Å²) in [6.07, 6.45) is 0. The molecule has 0 aromatic rings. The molecule has 0 saturated heterocycles. The Bertz CT molecular complexity index is 230. The SMILES string of the molecule is CC(C)(C)C(=O)OCOC(=O)SCCN.Cl. The summed E-state index contributed by atoms with van der Waals surface area (Å²) in [5.74, 6) is 0.0885. The van der Waals surface area contributed by atoms with Crippen LogP contribution in [0.5, 0.6) is 0 Å². The summed E-state index contributed by atoms with van der Waals surface area (Å²) in [6.45, 7) is 5.23. The lowest BCUT2D eigenvalue weighted by atomic mass is 9.98. The highest BCUT2D eigenvalue weighted by Crippen LogP contribution is 2.15. The van der Waals surface area contributed by atoms with Crippen LogP contribution in [0.4, 0.5) is 4.79 Å². The van der Waals surface area contributed by atoms with E-state index in [0.717, 1.165) is 11.8 Å². The number of halogens is 1. The zero-order valence-corrected chi connectivity index (χ0v) is 11.3. The van der Waals surface area contributed by atoms with Gasteiger partial charge in [-0.15, -0.1) is 12.4 Å². The van der Waals surface area contributed by atoms with Gasteiger partial charge in [0.2, 0.25) is 6.79 Å². The normalized spacial score (nSPS) is 10.2. The molecule has 0 heterocycles. The molecule has 0 aliphatic carbocycles. The van der Waals surface area contributed by atoms with Crippen LogP contribution < -0.4 is 5.73 Å². The van der Waals surface area contributed by atoms with E-state index in [9.17, 15) is 9.59 Å². The Labute approximate surface area is 106 Å². The predicted octanol–water partition coefficient (Wildman–Crippen LogP) is 1.78. The number of hydrogen-bond donors (Lipinski definition) is 1. The Morgan fingerprint density at radius 3 is 2.25 bits per heavy atom. The van der Waals surface area contributed by atoms with Crippen LogP contribution in [0.1, 0.15) is 20.8 Å². The Morgan fingerprint density at radius 1 is 1.25 bits per heavy atom. The molecule has 0 atom stereocenters. The number of carbonyl (C=O) groups excluding carboxylic acids is 2. The summed E-state index contributed by atoms with van der Waals surface area (Å²) in [7, 11) is 0. The summed E-state index contributed by atoms with van der Waals surface area (Å²) in [5, 5.41) is -0.484. The average molecular weight is 272 g/mol. The van der Waals surface area contributed by atoms with Crippen LogP contribution in [0.25, 0.3) is 0 Å². The van der Waals surface area contributed by atoms with Crippen molar-refractivity contribution in [1.29, 1.82) is 0 Å². The monoisotopic (exact) mass is 271 g/mol.